The van der Waals surface area contributed by atoms with Crippen molar-refractivity contribution in [2.24, 2.45) is 9.98 Å². The second-order valence-corrected chi connectivity index (χ2v) is 8.48. The number of benzene rings is 2. The number of nitriles is 2. The molecule has 0 unspecified atom stereocenters. The molecule has 170 valence electrons. The van der Waals surface area contributed by atoms with E-state index in [4.69, 9.17) is 5.26 Å². The summed E-state index contributed by atoms with van der Waals surface area (Å²) in [6, 6.07) is 16.2. The highest BCUT2D eigenvalue weighted by molar-refractivity contribution is 6.34. The van der Waals surface area contributed by atoms with Crippen LogP contribution in [0.2, 0.25) is 0 Å². The van der Waals surface area contributed by atoms with E-state index in [1.807, 2.05) is 113 Å². The Labute approximate surface area is 201 Å². The van der Waals surface area contributed by atoms with Crippen LogP contribution in [0, 0.1) is 22.9 Å². The predicted octanol–water partition coefficient (Wildman–Crippen LogP) is 5.37. The van der Waals surface area contributed by atoms with Gasteiger partial charge in [-0.2, -0.15) is 20.5 Å². The summed E-state index contributed by atoms with van der Waals surface area (Å²) >= 11 is 0. The van der Waals surface area contributed by atoms with Gasteiger partial charge in [0.15, 0.2) is 0 Å². The van der Waals surface area contributed by atoms with Gasteiger partial charge in [0.05, 0.1) is 11.4 Å². The van der Waals surface area contributed by atoms with Gasteiger partial charge in [-0.15, -0.1) is 0 Å². The van der Waals surface area contributed by atoms with E-state index in [0.717, 1.165) is 44.8 Å². The van der Waals surface area contributed by atoms with Crippen molar-refractivity contribution < 1.29 is 0 Å². The highest BCUT2D eigenvalue weighted by Gasteiger charge is 2.21. The zero-order valence-electron chi connectivity index (χ0n) is 20.5. The lowest BCUT2D eigenvalue weighted by atomic mass is 9.84. The number of allylic oxidation sites excluding steroid dienone is 6. The molecule has 0 saturated heterocycles. The first-order valence-corrected chi connectivity index (χ1v) is 10.9. The Morgan fingerprint density at radius 3 is 1.71 bits per heavy atom. The number of rotatable bonds is 5. The quantitative estimate of drug-likeness (QED) is 0.455. The van der Waals surface area contributed by atoms with Crippen LogP contribution in [0.25, 0.3) is 5.57 Å². The van der Waals surface area contributed by atoms with Crippen LogP contribution >= 0.6 is 0 Å². The molecule has 34 heavy (non-hydrogen) atoms. The van der Waals surface area contributed by atoms with Crippen molar-refractivity contribution >= 4 is 28.4 Å². The monoisotopic (exact) mass is 448 g/mol. The molecule has 0 radical (unpaired) electrons. The summed E-state index contributed by atoms with van der Waals surface area (Å²) in [7, 11) is 7.98. The molecule has 0 heterocycles. The lowest BCUT2D eigenvalue weighted by Gasteiger charge is -2.21. The Balaban J connectivity index is 2.31. The van der Waals surface area contributed by atoms with Crippen LogP contribution in [0.15, 0.2) is 87.4 Å². The Bertz CT molecular complexity index is 1300. The second-order valence-electron chi connectivity index (χ2n) is 8.48. The van der Waals surface area contributed by atoms with Crippen molar-refractivity contribution in [1.82, 2.24) is 0 Å². The molecular weight excluding hydrogens is 420 g/mol. The van der Waals surface area contributed by atoms with Gasteiger partial charge in [0.25, 0.3) is 0 Å². The fourth-order valence-electron chi connectivity index (χ4n) is 3.82. The zero-order valence-corrected chi connectivity index (χ0v) is 20.5. The van der Waals surface area contributed by atoms with Gasteiger partial charge < -0.3 is 9.80 Å². The van der Waals surface area contributed by atoms with Crippen LogP contribution in [0.1, 0.15) is 25.0 Å². The largest absolute Gasteiger partial charge is 0.378 e. The molecule has 3 rings (SSSR count). The maximum absolute atomic E-state index is 9.62. The summed E-state index contributed by atoms with van der Waals surface area (Å²) in [6.07, 6.45) is 7.80. The molecule has 1 aliphatic rings. The fourth-order valence-corrected chi connectivity index (χ4v) is 3.82. The molecule has 2 aromatic rings. The van der Waals surface area contributed by atoms with E-state index >= 15 is 0 Å². The Kier molecular flexibility index (Phi) is 7.46. The molecule has 0 aliphatic heterocycles. The number of nitrogens with zero attached hydrogens (tertiary/aromatic N) is 6. The van der Waals surface area contributed by atoms with Crippen molar-refractivity contribution in [1.29, 1.82) is 10.5 Å². The average Bonchev–Trinajstić information content (AvgIpc) is 2.82. The molecule has 1 aliphatic carbocycles. The van der Waals surface area contributed by atoms with Gasteiger partial charge in [0.1, 0.15) is 0 Å². The van der Waals surface area contributed by atoms with E-state index in [1.165, 1.54) is 0 Å². The Hall–Kier alpha value is -4.42. The molecule has 0 saturated carbocycles. The SMILES string of the molecule is CC1=C/C(=C(/C(=NC#N)c2ccc(N(C)C)cc2)c2ccc(N(C)C)cc2)C(C)=CC1=NC#N. The number of hydrogen-bond acceptors (Lipinski definition) is 6. The maximum atomic E-state index is 9.62. The lowest BCUT2D eigenvalue weighted by Crippen LogP contribution is -2.13. The standard InChI is InChI=1S/C28H28N6/c1-19-16-26(31-17-29)20(2)15-25(19)27(21-7-11-23(12-8-21)33(3)4)28(32-18-30)22-9-13-24(14-10-22)34(5)6/h7-16H,1-6H3/b27-25-,31-26?,32-28?. The van der Waals surface area contributed by atoms with Crippen LogP contribution < -0.4 is 9.80 Å². The van der Waals surface area contributed by atoms with Gasteiger partial charge in [-0.3, -0.25) is 0 Å². The summed E-state index contributed by atoms with van der Waals surface area (Å²) in [6.45, 7) is 3.91. The molecular formula is C28H28N6. The van der Waals surface area contributed by atoms with E-state index in [1.54, 1.807) is 0 Å². The number of aliphatic imine (C=N–C) groups is 2. The molecule has 0 amide bonds. The zero-order chi connectivity index (χ0) is 24.8. The van der Waals surface area contributed by atoms with Gasteiger partial charge in [0.2, 0.25) is 12.4 Å². The van der Waals surface area contributed by atoms with Gasteiger partial charge in [0, 0.05) is 50.7 Å². The first-order chi connectivity index (χ1) is 16.3. The lowest BCUT2D eigenvalue weighted by molar-refractivity contribution is 1.13. The molecule has 6 heteroatoms. The van der Waals surface area contributed by atoms with E-state index in [0.29, 0.717) is 11.4 Å². The molecule has 0 aromatic heterocycles. The van der Waals surface area contributed by atoms with E-state index in [2.05, 4.69) is 22.1 Å². The van der Waals surface area contributed by atoms with E-state index < -0.39 is 0 Å². The summed E-state index contributed by atoms with van der Waals surface area (Å²) in [5.41, 5.74) is 8.79. The molecule has 0 bridgehead atoms. The van der Waals surface area contributed by atoms with Gasteiger partial charge in [-0.05, 0) is 72.5 Å². The summed E-state index contributed by atoms with van der Waals surface area (Å²) < 4.78 is 0. The van der Waals surface area contributed by atoms with Crippen LogP contribution in [0.4, 0.5) is 11.4 Å². The number of anilines is 2. The van der Waals surface area contributed by atoms with Gasteiger partial charge in [-0.25, -0.2) is 0 Å². The minimum absolute atomic E-state index is 0.595. The van der Waals surface area contributed by atoms with Crippen molar-refractivity contribution in [3.63, 3.8) is 0 Å². The second kappa shape index (κ2) is 10.5. The molecule has 6 nitrogen and oxygen atoms in total. The van der Waals surface area contributed by atoms with Crippen LogP contribution in [-0.2, 0) is 0 Å². The summed E-state index contributed by atoms with van der Waals surface area (Å²) in [5.74, 6) is 0. The molecule has 0 spiro atoms. The van der Waals surface area contributed by atoms with Gasteiger partial charge in [-0.1, -0.05) is 24.3 Å². The third-order valence-electron chi connectivity index (χ3n) is 5.71. The van der Waals surface area contributed by atoms with Crippen molar-refractivity contribution in [2.75, 3.05) is 38.0 Å². The average molecular weight is 449 g/mol. The first kappa shape index (κ1) is 24.2. The summed E-state index contributed by atoms with van der Waals surface area (Å²) in [5, 5.41) is 18.7. The van der Waals surface area contributed by atoms with Crippen molar-refractivity contribution in [3.8, 4) is 12.4 Å². The minimum atomic E-state index is 0.595. The van der Waals surface area contributed by atoms with Crippen molar-refractivity contribution in [3.05, 3.63) is 88.5 Å². The minimum Gasteiger partial charge on any atom is -0.378 e. The normalized spacial score (nSPS) is 16.2. The highest BCUT2D eigenvalue weighted by Crippen LogP contribution is 2.33. The summed E-state index contributed by atoms with van der Waals surface area (Å²) in [4.78, 5) is 12.3. The highest BCUT2D eigenvalue weighted by atomic mass is 15.1. The van der Waals surface area contributed by atoms with Gasteiger partial charge >= 0.3 is 0 Å². The maximum Gasteiger partial charge on any atom is 0.206 e. The van der Waals surface area contributed by atoms with Crippen molar-refractivity contribution in [2.45, 2.75) is 13.8 Å². The predicted molar refractivity (Wildman–Crippen MR) is 141 cm³/mol. The topological polar surface area (TPSA) is 78.8 Å². The first-order valence-electron chi connectivity index (χ1n) is 10.9. The van der Waals surface area contributed by atoms with Crippen LogP contribution in [-0.4, -0.2) is 39.6 Å². The molecule has 0 fully saturated rings. The number of hydrogen-bond donors (Lipinski definition) is 0. The van der Waals surface area contributed by atoms with E-state index in [9.17, 15) is 5.26 Å². The van der Waals surface area contributed by atoms with Crippen LogP contribution in [0.5, 0.6) is 0 Å². The third-order valence-corrected chi connectivity index (χ3v) is 5.71. The molecule has 0 atom stereocenters. The van der Waals surface area contributed by atoms with Crippen LogP contribution in [0.3, 0.4) is 0 Å². The third kappa shape index (κ3) is 5.14. The Morgan fingerprint density at radius 2 is 1.24 bits per heavy atom. The van der Waals surface area contributed by atoms with E-state index in [-0.39, 0.29) is 0 Å². The Morgan fingerprint density at radius 1 is 0.706 bits per heavy atom. The molecule has 2 aromatic carbocycles. The molecule has 0 N–H and O–H groups in total. The smallest absolute Gasteiger partial charge is 0.206 e. The fraction of sp³-hybridized carbons (Fsp3) is 0.214.